The molecule has 2 unspecified atom stereocenters. The lowest BCUT2D eigenvalue weighted by Gasteiger charge is -2.38. The number of carbonyl (C=O) groups is 1. The maximum absolute atomic E-state index is 11.5. The van der Waals surface area contributed by atoms with Crippen molar-refractivity contribution in [1.29, 1.82) is 0 Å². The topological polar surface area (TPSA) is 58.4 Å². The van der Waals surface area contributed by atoms with Crippen molar-refractivity contribution in [3.05, 3.63) is 0 Å². The molecule has 1 saturated heterocycles. The Morgan fingerprint density at radius 2 is 1.95 bits per heavy atom. The average Bonchev–Trinajstić information content (AvgIpc) is 2.46. The number of urea groups is 1. The van der Waals surface area contributed by atoms with Gasteiger partial charge < -0.3 is 16.0 Å². The predicted molar refractivity (Wildman–Crippen MR) is 82.5 cm³/mol. The molecule has 3 N–H and O–H groups in total. The third-order valence-electron chi connectivity index (χ3n) is 4.97. The second-order valence-corrected chi connectivity index (χ2v) is 6.74. The normalized spacial score (nSPS) is 28.6. The molecule has 2 amide bonds. The highest BCUT2D eigenvalue weighted by Crippen LogP contribution is 2.25. The van der Waals surface area contributed by atoms with Gasteiger partial charge in [0.05, 0.1) is 0 Å². The number of hydrogen-bond acceptors (Lipinski definition) is 2. The molecule has 0 spiro atoms. The second kappa shape index (κ2) is 7.87. The zero-order chi connectivity index (χ0) is 14.4. The Bertz CT molecular complexity index is 302. The van der Waals surface area contributed by atoms with Crippen LogP contribution >= 0.6 is 0 Å². The van der Waals surface area contributed by atoms with Gasteiger partial charge in [-0.1, -0.05) is 32.6 Å². The number of carbonyl (C=O) groups excluding carboxylic acids is 1. The van der Waals surface area contributed by atoms with Crippen LogP contribution in [0.25, 0.3) is 0 Å². The molecule has 0 bridgehead atoms. The molecule has 0 aromatic carbocycles. The number of amides is 2. The third-order valence-corrected chi connectivity index (χ3v) is 4.97. The number of primary amides is 1. The molecule has 4 heteroatoms. The van der Waals surface area contributed by atoms with Crippen LogP contribution in [-0.2, 0) is 0 Å². The lowest BCUT2D eigenvalue weighted by atomic mass is 9.87. The van der Waals surface area contributed by atoms with Gasteiger partial charge in [-0.2, -0.15) is 0 Å². The summed E-state index contributed by atoms with van der Waals surface area (Å²) in [6.07, 6.45) is 10.5. The van der Waals surface area contributed by atoms with Crippen LogP contribution in [-0.4, -0.2) is 36.6 Å². The molecule has 1 aliphatic carbocycles. The fraction of sp³-hybridized carbons (Fsp3) is 0.938. The van der Waals surface area contributed by atoms with Crippen LogP contribution in [0.15, 0.2) is 0 Å². The molecular weight excluding hydrogens is 250 g/mol. The largest absolute Gasteiger partial charge is 0.351 e. The zero-order valence-electron chi connectivity index (χ0n) is 12.9. The van der Waals surface area contributed by atoms with Crippen molar-refractivity contribution in [2.45, 2.75) is 64.3 Å². The highest BCUT2D eigenvalue weighted by Gasteiger charge is 2.28. The number of hydrogen-bond donors (Lipinski definition) is 2. The maximum Gasteiger partial charge on any atom is 0.314 e. The highest BCUT2D eigenvalue weighted by atomic mass is 16.2. The Morgan fingerprint density at radius 3 is 2.60 bits per heavy atom. The average molecular weight is 281 g/mol. The summed E-state index contributed by atoms with van der Waals surface area (Å²) < 4.78 is 0. The first-order valence-electron chi connectivity index (χ1n) is 8.46. The Kier molecular flexibility index (Phi) is 6.14. The molecule has 4 nitrogen and oxygen atoms in total. The smallest absolute Gasteiger partial charge is 0.314 e. The van der Waals surface area contributed by atoms with E-state index < -0.39 is 0 Å². The first-order chi connectivity index (χ1) is 9.69. The Morgan fingerprint density at radius 1 is 1.20 bits per heavy atom. The molecule has 0 aromatic rings. The zero-order valence-corrected chi connectivity index (χ0v) is 12.9. The van der Waals surface area contributed by atoms with E-state index in [-0.39, 0.29) is 6.03 Å². The Hall–Kier alpha value is -0.770. The number of nitrogens with zero attached hydrogens (tertiary/aromatic N) is 1. The van der Waals surface area contributed by atoms with E-state index in [9.17, 15) is 4.79 Å². The van der Waals surface area contributed by atoms with E-state index in [2.05, 4.69) is 12.2 Å². The van der Waals surface area contributed by atoms with Gasteiger partial charge in [0, 0.05) is 19.1 Å². The minimum Gasteiger partial charge on any atom is -0.351 e. The molecular formula is C16H31N3O. The van der Waals surface area contributed by atoms with Crippen LogP contribution in [0.4, 0.5) is 4.79 Å². The fourth-order valence-corrected chi connectivity index (χ4v) is 3.87. The molecule has 2 atom stereocenters. The first-order valence-corrected chi connectivity index (χ1v) is 8.46. The molecule has 0 aromatic heterocycles. The van der Waals surface area contributed by atoms with E-state index in [1.807, 2.05) is 4.90 Å². The molecule has 1 heterocycles. The van der Waals surface area contributed by atoms with Crippen molar-refractivity contribution < 1.29 is 4.79 Å². The van der Waals surface area contributed by atoms with E-state index in [4.69, 9.17) is 5.73 Å². The van der Waals surface area contributed by atoms with Crippen molar-refractivity contribution in [2.75, 3.05) is 19.6 Å². The van der Waals surface area contributed by atoms with Crippen LogP contribution in [0.3, 0.4) is 0 Å². The number of likely N-dealkylation sites (tertiary alicyclic amines) is 1. The van der Waals surface area contributed by atoms with Crippen LogP contribution in [0.1, 0.15) is 58.3 Å². The van der Waals surface area contributed by atoms with Crippen molar-refractivity contribution in [1.82, 2.24) is 10.2 Å². The van der Waals surface area contributed by atoms with Gasteiger partial charge in [-0.3, -0.25) is 0 Å². The Balaban J connectivity index is 1.80. The summed E-state index contributed by atoms with van der Waals surface area (Å²) >= 11 is 0. The van der Waals surface area contributed by atoms with Gasteiger partial charge in [-0.15, -0.1) is 0 Å². The monoisotopic (exact) mass is 281 g/mol. The van der Waals surface area contributed by atoms with Gasteiger partial charge in [0.25, 0.3) is 0 Å². The highest BCUT2D eigenvalue weighted by molar-refractivity contribution is 5.72. The molecule has 20 heavy (non-hydrogen) atoms. The van der Waals surface area contributed by atoms with Gasteiger partial charge in [-0.05, 0) is 44.1 Å². The summed E-state index contributed by atoms with van der Waals surface area (Å²) in [7, 11) is 0. The summed E-state index contributed by atoms with van der Waals surface area (Å²) in [5.74, 6) is 1.46. The van der Waals surface area contributed by atoms with Gasteiger partial charge in [0.2, 0.25) is 0 Å². The number of rotatable bonds is 5. The quantitative estimate of drug-likeness (QED) is 0.814. The third kappa shape index (κ3) is 4.65. The molecule has 1 saturated carbocycles. The van der Waals surface area contributed by atoms with E-state index in [1.54, 1.807) is 0 Å². The van der Waals surface area contributed by atoms with Crippen LogP contribution < -0.4 is 11.1 Å². The summed E-state index contributed by atoms with van der Waals surface area (Å²) in [6, 6.07) is 0.185. The van der Waals surface area contributed by atoms with Gasteiger partial charge >= 0.3 is 6.03 Å². The summed E-state index contributed by atoms with van der Waals surface area (Å²) in [5, 5.41) is 3.72. The molecule has 1 aliphatic heterocycles. The van der Waals surface area contributed by atoms with Crippen molar-refractivity contribution in [3.63, 3.8) is 0 Å². The predicted octanol–water partition coefficient (Wildman–Crippen LogP) is 2.73. The molecule has 2 aliphatic rings. The summed E-state index contributed by atoms with van der Waals surface area (Å²) in [4.78, 5) is 13.3. The molecule has 116 valence electrons. The Labute approximate surface area is 123 Å². The summed E-state index contributed by atoms with van der Waals surface area (Å²) in [6.45, 7) is 4.98. The number of piperidine rings is 1. The number of nitrogens with one attached hydrogen (secondary N) is 1. The van der Waals surface area contributed by atoms with Gasteiger partial charge in [0.15, 0.2) is 0 Å². The minimum atomic E-state index is -0.254. The van der Waals surface area contributed by atoms with Gasteiger partial charge in [-0.25, -0.2) is 4.79 Å². The fourth-order valence-electron chi connectivity index (χ4n) is 3.87. The SMILES string of the molecule is CCCC1CC(NCC2CCCCC2)CN(C(N)=O)C1. The first kappa shape index (κ1) is 15.6. The summed E-state index contributed by atoms with van der Waals surface area (Å²) in [5.41, 5.74) is 5.49. The van der Waals surface area contributed by atoms with Crippen LogP contribution in [0.2, 0.25) is 0 Å². The van der Waals surface area contributed by atoms with Crippen molar-refractivity contribution in [2.24, 2.45) is 17.6 Å². The molecule has 2 rings (SSSR count). The second-order valence-electron chi connectivity index (χ2n) is 6.74. The van der Waals surface area contributed by atoms with Crippen molar-refractivity contribution >= 4 is 6.03 Å². The van der Waals surface area contributed by atoms with E-state index in [0.29, 0.717) is 12.0 Å². The standard InChI is InChI=1S/C16H31N3O/c1-2-6-14-9-15(12-19(11-14)16(17)20)18-10-13-7-4-3-5-8-13/h13-15,18H,2-12H2,1H3,(H2,17,20). The number of nitrogens with two attached hydrogens (primary N) is 1. The van der Waals surface area contributed by atoms with Crippen molar-refractivity contribution in [3.8, 4) is 0 Å². The van der Waals surface area contributed by atoms with E-state index in [0.717, 1.165) is 25.6 Å². The van der Waals surface area contributed by atoms with Crippen LogP contribution in [0.5, 0.6) is 0 Å². The van der Waals surface area contributed by atoms with Gasteiger partial charge in [0.1, 0.15) is 0 Å². The maximum atomic E-state index is 11.5. The lowest BCUT2D eigenvalue weighted by molar-refractivity contribution is 0.145. The van der Waals surface area contributed by atoms with E-state index in [1.165, 1.54) is 51.4 Å². The minimum absolute atomic E-state index is 0.254. The van der Waals surface area contributed by atoms with Crippen LogP contribution in [0, 0.1) is 11.8 Å². The van der Waals surface area contributed by atoms with E-state index >= 15 is 0 Å². The molecule has 0 radical (unpaired) electrons. The molecule has 2 fully saturated rings. The lowest BCUT2D eigenvalue weighted by Crippen LogP contribution is -2.53.